The zero-order valence-electron chi connectivity index (χ0n) is 18.4. The Morgan fingerprint density at radius 2 is 1.78 bits per heavy atom. The Hall–Kier alpha value is -2.91. The minimum atomic E-state index is -3.71. The van der Waals surface area contributed by atoms with Gasteiger partial charge in [0.15, 0.2) is 0 Å². The van der Waals surface area contributed by atoms with Crippen molar-refractivity contribution in [1.82, 2.24) is 4.31 Å². The van der Waals surface area contributed by atoms with Gasteiger partial charge in [-0.15, -0.1) is 0 Å². The van der Waals surface area contributed by atoms with Crippen molar-refractivity contribution < 1.29 is 22.7 Å². The van der Waals surface area contributed by atoms with E-state index in [0.29, 0.717) is 30.1 Å². The maximum atomic E-state index is 13.5. The van der Waals surface area contributed by atoms with Crippen molar-refractivity contribution in [3.8, 4) is 5.75 Å². The molecule has 1 aliphatic rings. The van der Waals surface area contributed by atoms with E-state index in [1.54, 1.807) is 43.3 Å². The van der Waals surface area contributed by atoms with E-state index in [2.05, 4.69) is 0 Å². The van der Waals surface area contributed by atoms with Crippen molar-refractivity contribution in [2.24, 2.45) is 5.73 Å². The summed E-state index contributed by atoms with van der Waals surface area (Å²) in [6.45, 7) is 2.71. The largest absolute Gasteiger partial charge is 0.495 e. The van der Waals surface area contributed by atoms with Crippen molar-refractivity contribution in [3.05, 3.63) is 53.6 Å². The fourth-order valence-corrected chi connectivity index (χ4v) is 5.59. The number of rotatable bonds is 8. The maximum Gasteiger partial charge on any atom is 0.258 e. The van der Waals surface area contributed by atoms with Gasteiger partial charge in [0, 0.05) is 31.6 Å². The van der Waals surface area contributed by atoms with Crippen LogP contribution < -0.4 is 15.4 Å². The highest BCUT2D eigenvalue weighted by Crippen LogP contribution is 2.30. The minimum absolute atomic E-state index is 0.0383. The molecule has 1 heterocycles. The van der Waals surface area contributed by atoms with Gasteiger partial charge in [-0.3, -0.25) is 9.59 Å². The summed E-state index contributed by atoms with van der Waals surface area (Å²) in [5.41, 5.74) is 6.58. The van der Waals surface area contributed by atoms with Crippen molar-refractivity contribution in [2.75, 3.05) is 31.6 Å². The van der Waals surface area contributed by atoms with Gasteiger partial charge in [0.1, 0.15) is 5.75 Å². The van der Waals surface area contributed by atoms with Gasteiger partial charge in [-0.2, -0.15) is 4.31 Å². The molecule has 0 unspecified atom stereocenters. The first-order valence-corrected chi connectivity index (χ1v) is 12.0. The summed E-state index contributed by atoms with van der Waals surface area (Å²) in [6.07, 6.45) is 2.61. The highest BCUT2D eigenvalue weighted by molar-refractivity contribution is 7.89. The van der Waals surface area contributed by atoms with Gasteiger partial charge in [0.05, 0.1) is 17.7 Å². The summed E-state index contributed by atoms with van der Waals surface area (Å²) in [4.78, 5) is 26.4. The molecule has 0 aromatic heterocycles. The molecule has 2 amide bonds. The topological polar surface area (TPSA) is 110 Å². The number of sulfonamides is 1. The molecular formula is C23H29N3O5S. The van der Waals surface area contributed by atoms with Crippen molar-refractivity contribution in [3.63, 3.8) is 0 Å². The molecule has 2 aromatic carbocycles. The number of piperidine rings is 1. The lowest BCUT2D eigenvalue weighted by Gasteiger charge is -2.27. The zero-order valence-corrected chi connectivity index (χ0v) is 19.2. The number of ether oxygens (including phenoxy) is 1. The number of para-hydroxylation sites is 2. The molecule has 0 aliphatic carbocycles. The lowest BCUT2D eigenvalue weighted by atomic mass is 10.1. The summed E-state index contributed by atoms with van der Waals surface area (Å²) >= 11 is 0. The van der Waals surface area contributed by atoms with Crippen LogP contribution in [0.15, 0.2) is 47.4 Å². The predicted molar refractivity (Wildman–Crippen MR) is 122 cm³/mol. The third-order valence-electron chi connectivity index (χ3n) is 5.57. The van der Waals surface area contributed by atoms with Crippen molar-refractivity contribution in [1.29, 1.82) is 0 Å². The number of carbonyl (C=O) groups is 2. The number of anilines is 1. The molecule has 2 N–H and O–H groups in total. The van der Waals surface area contributed by atoms with E-state index < -0.39 is 21.8 Å². The number of aryl methyl sites for hydroxylation is 1. The molecule has 0 saturated carbocycles. The monoisotopic (exact) mass is 459 g/mol. The summed E-state index contributed by atoms with van der Waals surface area (Å²) < 4.78 is 33.4. The number of hydrogen-bond acceptors (Lipinski definition) is 5. The van der Waals surface area contributed by atoms with Crippen LogP contribution in [-0.2, 0) is 14.8 Å². The molecule has 1 fully saturated rings. The first-order chi connectivity index (χ1) is 15.3. The molecule has 8 nitrogen and oxygen atoms in total. The van der Waals surface area contributed by atoms with Gasteiger partial charge in [0.25, 0.3) is 5.91 Å². The molecule has 1 aliphatic heterocycles. The van der Waals surface area contributed by atoms with Gasteiger partial charge < -0.3 is 15.4 Å². The van der Waals surface area contributed by atoms with Crippen LogP contribution in [0.5, 0.6) is 5.75 Å². The lowest BCUT2D eigenvalue weighted by Crippen LogP contribution is -2.36. The normalized spacial score (nSPS) is 14.7. The molecule has 0 atom stereocenters. The van der Waals surface area contributed by atoms with E-state index in [4.69, 9.17) is 10.5 Å². The average molecular weight is 460 g/mol. The number of methoxy groups -OCH3 is 1. The molecule has 172 valence electrons. The summed E-state index contributed by atoms with van der Waals surface area (Å²) in [7, 11) is -2.22. The Morgan fingerprint density at radius 3 is 2.44 bits per heavy atom. The van der Waals surface area contributed by atoms with Gasteiger partial charge in [0.2, 0.25) is 15.9 Å². The van der Waals surface area contributed by atoms with Gasteiger partial charge in [-0.25, -0.2) is 8.42 Å². The van der Waals surface area contributed by atoms with E-state index in [1.807, 2.05) is 0 Å². The maximum absolute atomic E-state index is 13.5. The van der Waals surface area contributed by atoms with Gasteiger partial charge in [-0.1, -0.05) is 24.6 Å². The Labute approximate surface area is 189 Å². The van der Waals surface area contributed by atoms with Crippen LogP contribution >= 0.6 is 0 Å². The van der Waals surface area contributed by atoms with E-state index in [1.165, 1.54) is 22.4 Å². The van der Waals surface area contributed by atoms with E-state index in [-0.39, 0.29) is 23.4 Å². The first-order valence-electron chi connectivity index (χ1n) is 10.6. The molecule has 3 rings (SSSR count). The molecular weight excluding hydrogens is 430 g/mol. The van der Waals surface area contributed by atoms with Crippen LogP contribution in [0.4, 0.5) is 5.69 Å². The molecule has 2 aromatic rings. The van der Waals surface area contributed by atoms with Crippen LogP contribution in [0.1, 0.15) is 41.6 Å². The summed E-state index contributed by atoms with van der Waals surface area (Å²) in [5.74, 6) is -0.528. The first kappa shape index (κ1) is 23.7. The fourth-order valence-electron chi connectivity index (χ4n) is 3.82. The SMILES string of the molecule is COc1ccccc1N(CCC(N)=O)C(=O)c1ccc(C)c(S(=O)(=O)N2CCCCC2)c1. The van der Waals surface area contributed by atoms with Crippen LogP contribution in [0, 0.1) is 6.92 Å². The zero-order chi connectivity index (χ0) is 23.3. The standard InChI is InChI=1S/C23H29N3O5S/c1-17-10-11-18(16-21(17)32(29,30)25-13-6-3-7-14-25)23(28)26(15-12-22(24)27)19-8-4-5-9-20(19)31-2/h4-5,8-11,16H,3,6-7,12-15H2,1-2H3,(H2,24,27). The van der Waals surface area contributed by atoms with Crippen molar-refractivity contribution >= 4 is 27.5 Å². The predicted octanol–water partition coefficient (Wildman–Crippen LogP) is 2.70. The van der Waals surface area contributed by atoms with E-state index in [0.717, 1.165) is 19.3 Å². The number of amides is 2. The number of nitrogens with two attached hydrogens (primary N) is 1. The van der Waals surface area contributed by atoms with Gasteiger partial charge >= 0.3 is 0 Å². The van der Waals surface area contributed by atoms with Crippen LogP contribution in [0.2, 0.25) is 0 Å². The molecule has 32 heavy (non-hydrogen) atoms. The summed E-state index contributed by atoms with van der Waals surface area (Å²) in [6, 6.07) is 11.6. The highest BCUT2D eigenvalue weighted by Gasteiger charge is 2.29. The minimum Gasteiger partial charge on any atom is -0.495 e. The lowest BCUT2D eigenvalue weighted by molar-refractivity contribution is -0.117. The highest BCUT2D eigenvalue weighted by atomic mass is 32.2. The smallest absolute Gasteiger partial charge is 0.258 e. The number of hydrogen-bond donors (Lipinski definition) is 1. The van der Waals surface area contributed by atoms with Gasteiger partial charge in [-0.05, 0) is 49.6 Å². The third-order valence-corrected chi connectivity index (χ3v) is 7.61. The van der Waals surface area contributed by atoms with Crippen LogP contribution in [0.3, 0.4) is 0 Å². The number of carbonyl (C=O) groups excluding carboxylic acids is 2. The second-order valence-corrected chi connectivity index (χ2v) is 9.70. The quantitative estimate of drug-likeness (QED) is 0.653. The number of primary amides is 1. The fraction of sp³-hybridized carbons (Fsp3) is 0.391. The molecule has 1 saturated heterocycles. The molecule has 0 bridgehead atoms. The second-order valence-electron chi connectivity index (χ2n) is 7.79. The number of nitrogens with zero attached hydrogens (tertiary/aromatic N) is 2. The molecule has 0 spiro atoms. The van der Waals surface area contributed by atoms with E-state index in [9.17, 15) is 18.0 Å². The third kappa shape index (κ3) is 5.11. The van der Waals surface area contributed by atoms with Crippen LogP contribution in [0.25, 0.3) is 0 Å². The summed E-state index contributed by atoms with van der Waals surface area (Å²) in [5, 5.41) is 0. The Bertz CT molecular complexity index is 1090. The second kappa shape index (κ2) is 10.1. The van der Waals surface area contributed by atoms with E-state index >= 15 is 0 Å². The molecule has 0 radical (unpaired) electrons. The number of benzene rings is 2. The molecule has 9 heteroatoms. The Morgan fingerprint density at radius 1 is 1.09 bits per heavy atom. The average Bonchev–Trinajstić information content (AvgIpc) is 2.80. The Kier molecular flexibility index (Phi) is 7.52. The Balaban J connectivity index is 2.01. The van der Waals surface area contributed by atoms with Crippen molar-refractivity contribution in [2.45, 2.75) is 37.5 Å². The van der Waals surface area contributed by atoms with Crippen LogP contribution in [-0.4, -0.2) is 51.3 Å².